The highest BCUT2D eigenvalue weighted by Gasteiger charge is 2.32. The smallest absolute Gasteiger partial charge is 0.226 e. The number of aryl methyl sites for hydroxylation is 1. The topological polar surface area (TPSA) is 72.1 Å². The molecule has 2 aromatic rings. The summed E-state index contributed by atoms with van der Waals surface area (Å²) in [6.07, 6.45) is 9.21. The standard InChI is InChI=1S/C18H22N4O2S/c1-12-10-15(24-20-12)17-16(19-21-25-17)14-8-5-9-22(11-14)18(23)13-6-3-2-4-7-13/h2-3,10,13-14H,4-9,11H2,1H3/t13-,14-/m1/s1. The van der Waals surface area contributed by atoms with E-state index in [0.29, 0.717) is 5.91 Å². The van der Waals surface area contributed by atoms with Crippen LogP contribution in [-0.2, 0) is 4.79 Å². The molecular weight excluding hydrogens is 336 g/mol. The van der Waals surface area contributed by atoms with E-state index in [1.165, 1.54) is 11.5 Å². The van der Waals surface area contributed by atoms with Crippen molar-refractivity contribution in [2.24, 2.45) is 5.92 Å². The lowest BCUT2D eigenvalue weighted by Crippen LogP contribution is -2.42. The minimum Gasteiger partial charge on any atom is -0.355 e. The van der Waals surface area contributed by atoms with E-state index in [1.54, 1.807) is 0 Å². The fraction of sp³-hybridized carbons (Fsp3) is 0.556. The Labute approximate surface area is 151 Å². The Kier molecular flexibility index (Phi) is 4.65. The Morgan fingerprint density at radius 1 is 1.36 bits per heavy atom. The number of nitrogens with zero attached hydrogens (tertiary/aromatic N) is 4. The van der Waals surface area contributed by atoms with E-state index in [0.717, 1.165) is 67.2 Å². The van der Waals surface area contributed by atoms with Crippen molar-refractivity contribution in [3.05, 3.63) is 29.6 Å². The molecule has 2 aliphatic rings. The van der Waals surface area contributed by atoms with E-state index in [-0.39, 0.29) is 11.8 Å². The SMILES string of the molecule is Cc1cc(-c2snnc2[C@@H]2CCCN(C(=O)[C@@H]3CC=CCC3)C2)on1. The molecule has 0 bridgehead atoms. The van der Waals surface area contributed by atoms with Gasteiger partial charge >= 0.3 is 0 Å². The van der Waals surface area contributed by atoms with Crippen molar-refractivity contribution in [2.45, 2.75) is 44.9 Å². The molecule has 4 rings (SSSR count). The van der Waals surface area contributed by atoms with Crippen LogP contribution in [0.25, 0.3) is 10.6 Å². The summed E-state index contributed by atoms with van der Waals surface area (Å²) in [5.74, 6) is 1.39. The van der Waals surface area contributed by atoms with Crippen molar-refractivity contribution in [2.75, 3.05) is 13.1 Å². The third-order valence-corrected chi connectivity index (χ3v) is 5.86. The number of allylic oxidation sites excluding steroid dienone is 2. The summed E-state index contributed by atoms with van der Waals surface area (Å²) in [4.78, 5) is 15.8. The van der Waals surface area contributed by atoms with Crippen molar-refractivity contribution in [1.29, 1.82) is 0 Å². The number of carbonyl (C=O) groups is 1. The third-order valence-electron chi connectivity index (χ3n) is 5.10. The number of aromatic nitrogens is 3. The maximum atomic E-state index is 12.9. The second-order valence-electron chi connectivity index (χ2n) is 6.92. The van der Waals surface area contributed by atoms with Crippen LogP contribution in [0.4, 0.5) is 0 Å². The molecule has 1 saturated heterocycles. The molecule has 132 valence electrons. The fourth-order valence-corrected chi connectivity index (χ4v) is 4.48. The van der Waals surface area contributed by atoms with Gasteiger partial charge in [-0.1, -0.05) is 21.8 Å². The lowest BCUT2D eigenvalue weighted by atomic mass is 9.89. The lowest BCUT2D eigenvalue weighted by molar-refractivity contribution is -0.137. The molecular formula is C18H22N4O2S. The number of amides is 1. The average Bonchev–Trinajstić information content (AvgIpc) is 3.30. The van der Waals surface area contributed by atoms with Gasteiger partial charge in [-0.05, 0) is 50.6 Å². The molecule has 0 aromatic carbocycles. The molecule has 0 unspecified atom stereocenters. The van der Waals surface area contributed by atoms with Crippen LogP contribution in [0.5, 0.6) is 0 Å². The predicted molar refractivity (Wildman–Crippen MR) is 95.2 cm³/mol. The highest BCUT2D eigenvalue weighted by molar-refractivity contribution is 7.09. The quantitative estimate of drug-likeness (QED) is 0.785. The minimum atomic E-state index is 0.147. The maximum absolute atomic E-state index is 12.9. The molecule has 1 aliphatic carbocycles. The van der Waals surface area contributed by atoms with E-state index in [1.807, 2.05) is 17.9 Å². The first kappa shape index (κ1) is 16.4. The zero-order valence-corrected chi connectivity index (χ0v) is 15.2. The van der Waals surface area contributed by atoms with Crippen LogP contribution < -0.4 is 0 Å². The van der Waals surface area contributed by atoms with Crippen molar-refractivity contribution in [3.8, 4) is 10.6 Å². The van der Waals surface area contributed by atoms with Gasteiger partial charge in [-0.15, -0.1) is 5.10 Å². The first-order valence-electron chi connectivity index (χ1n) is 8.92. The summed E-state index contributed by atoms with van der Waals surface area (Å²) in [7, 11) is 0. The summed E-state index contributed by atoms with van der Waals surface area (Å²) >= 11 is 1.34. The maximum Gasteiger partial charge on any atom is 0.226 e. The zero-order valence-electron chi connectivity index (χ0n) is 14.4. The van der Waals surface area contributed by atoms with Crippen molar-refractivity contribution in [3.63, 3.8) is 0 Å². The molecule has 25 heavy (non-hydrogen) atoms. The third kappa shape index (κ3) is 3.38. The van der Waals surface area contributed by atoms with Crippen LogP contribution in [0.2, 0.25) is 0 Å². The number of carbonyl (C=O) groups excluding carboxylic acids is 1. The van der Waals surface area contributed by atoms with Gasteiger partial charge in [0.1, 0.15) is 4.88 Å². The molecule has 1 fully saturated rings. The second-order valence-corrected chi connectivity index (χ2v) is 7.68. The van der Waals surface area contributed by atoms with Crippen LogP contribution in [0.1, 0.15) is 49.4 Å². The Morgan fingerprint density at radius 2 is 2.28 bits per heavy atom. The molecule has 1 amide bonds. The van der Waals surface area contributed by atoms with Gasteiger partial charge in [0.25, 0.3) is 0 Å². The number of rotatable bonds is 3. The van der Waals surface area contributed by atoms with Gasteiger partial charge in [-0.25, -0.2) is 0 Å². The van der Waals surface area contributed by atoms with Gasteiger partial charge in [0.15, 0.2) is 5.76 Å². The number of hydrogen-bond acceptors (Lipinski definition) is 6. The summed E-state index contributed by atoms with van der Waals surface area (Å²) < 4.78 is 9.54. The lowest BCUT2D eigenvalue weighted by Gasteiger charge is -2.34. The van der Waals surface area contributed by atoms with Crippen molar-refractivity contribution in [1.82, 2.24) is 19.6 Å². The Bertz CT molecular complexity index is 782. The van der Waals surface area contributed by atoms with Crippen LogP contribution >= 0.6 is 11.5 Å². The summed E-state index contributed by atoms with van der Waals surface area (Å²) in [5, 5.41) is 8.33. The van der Waals surface area contributed by atoms with Crippen molar-refractivity contribution >= 4 is 17.4 Å². The van der Waals surface area contributed by atoms with Gasteiger partial charge in [-0.2, -0.15) is 0 Å². The van der Waals surface area contributed by atoms with E-state index >= 15 is 0 Å². The monoisotopic (exact) mass is 358 g/mol. The minimum absolute atomic E-state index is 0.147. The normalized spacial score (nSPS) is 23.8. The fourth-order valence-electron chi connectivity index (χ4n) is 3.78. The van der Waals surface area contributed by atoms with E-state index in [4.69, 9.17) is 4.52 Å². The van der Waals surface area contributed by atoms with Gasteiger partial charge < -0.3 is 9.42 Å². The number of hydrogen-bond donors (Lipinski definition) is 0. The molecule has 2 atom stereocenters. The Hall–Kier alpha value is -2.02. The number of piperidine rings is 1. The molecule has 0 saturated carbocycles. The first-order chi connectivity index (χ1) is 12.2. The highest BCUT2D eigenvalue weighted by atomic mass is 32.1. The molecule has 2 aromatic heterocycles. The predicted octanol–water partition coefficient (Wildman–Crippen LogP) is 3.56. The Morgan fingerprint density at radius 3 is 3.04 bits per heavy atom. The zero-order chi connectivity index (χ0) is 17.2. The van der Waals surface area contributed by atoms with E-state index in [2.05, 4.69) is 26.9 Å². The summed E-state index contributed by atoms with van der Waals surface area (Å²) in [6, 6.07) is 1.92. The summed E-state index contributed by atoms with van der Waals surface area (Å²) in [6.45, 7) is 3.48. The Balaban J connectivity index is 1.51. The van der Waals surface area contributed by atoms with E-state index in [9.17, 15) is 4.79 Å². The average molecular weight is 358 g/mol. The molecule has 7 heteroatoms. The second kappa shape index (κ2) is 7.07. The van der Waals surface area contributed by atoms with Gasteiger partial charge in [0.05, 0.1) is 11.4 Å². The molecule has 0 N–H and O–H groups in total. The van der Waals surface area contributed by atoms with Crippen LogP contribution in [-0.4, -0.2) is 38.6 Å². The van der Waals surface area contributed by atoms with Crippen LogP contribution in [0.15, 0.2) is 22.7 Å². The van der Waals surface area contributed by atoms with Gasteiger partial charge in [0.2, 0.25) is 5.91 Å². The van der Waals surface area contributed by atoms with Crippen LogP contribution in [0, 0.1) is 12.8 Å². The van der Waals surface area contributed by atoms with E-state index < -0.39 is 0 Å². The van der Waals surface area contributed by atoms with Gasteiger partial charge in [-0.3, -0.25) is 4.79 Å². The molecule has 3 heterocycles. The largest absolute Gasteiger partial charge is 0.355 e. The first-order valence-corrected chi connectivity index (χ1v) is 9.69. The molecule has 0 radical (unpaired) electrons. The molecule has 0 spiro atoms. The highest BCUT2D eigenvalue weighted by Crippen LogP contribution is 2.36. The van der Waals surface area contributed by atoms with Crippen molar-refractivity contribution < 1.29 is 9.32 Å². The molecule has 1 aliphatic heterocycles. The summed E-state index contributed by atoms with van der Waals surface area (Å²) in [5.41, 5.74) is 1.79. The number of likely N-dealkylation sites (tertiary alicyclic amines) is 1. The van der Waals surface area contributed by atoms with Gasteiger partial charge in [0, 0.05) is 31.0 Å². The molecule has 6 nitrogen and oxygen atoms in total. The van der Waals surface area contributed by atoms with Crippen LogP contribution in [0.3, 0.4) is 0 Å².